The van der Waals surface area contributed by atoms with Crippen molar-refractivity contribution in [2.45, 2.75) is 13.0 Å². The Morgan fingerprint density at radius 3 is 2.35 bits per heavy atom. The van der Waals surface area contributed by atoms with Crippen molar-refractivity contribution >= 4 is 11.5 Å². The van der Waals surface area contributed by atoms with Crippen LogP contribution in [0.5, 0.6) is 0 Å². The van der Waals surface area contributed by atoms with E-state index < -0.39 is 0 Å². The first-order valence-corrected chi connectivity index (χ1v) is 7.70. The number of nitrogen functional groups attached to an aromatic ring is 1. The number of aromatic nitrogens is 2. The molecule has 3 aromatic rings. The Labute approximate surface area is 136 Å². The molecule has 0 amide bonds. The lowest BCUT2D eigenvalue weighted by Gasteiger charge is -2.24. The van der Waals surface area contributed by atoms with Gasteiger partial charge < -0.3 is 10.6 Å². The van der Waals surface area contributed by atoms with E-state index in [1.54, 1.807) is 6.20 Å². The highest BCUT2D eigenvalue weighted by Gasteiger charge is 2.09. The molecule has 0 aliphatic rings. The first kappa shape index (κ1) is 15.0. The number of pyridine rings is 2. The molecule has 116 valence electrons. The second-order valence-corrected chi connectivity index (χ2v) is 5.46. The molecule has 0 unspecified atom stereocenters. The van der Waals surface area contributed by atoms with Crippen LogP contribution in [0.3, 0.4) is 0 Å². The zero-order valence-electron chi connectivity index (χ0n) is 13.0. The molecule has 3 rings (SSSR count). The first-order chi connectivity index (χ1) is 11.3. The minimum Gasteiger partial charge on any atom is -0.397 e. The van der Waals surface area contributed by atoms with Gasteiger partial charge in [0.05, 0.1) is 11.9 Å². The smallest absolute Gasteiger partial charge is 0.128 e. The molecule has 4 heteroatoms. The summed E-state index contributed by atoms with van der Waals surface area (Å²) in [6.45, 7) is 1.71. The quantitative estimate of drug-likeness (QED) is 0.759. The van der Waals surface area contributed by atoms with E-state index in [1.807, 2.05) is 30.6 Å². The molecule has 0 fully saturated rings. The topological polar surface area (TPSA) is 55.0 Å². The summed E-state index contributed by atoms with van der Waals surface area (Å²) in [6, 6.07) is 18.4. The third-order valence-electron chi connectivity index (χ3n) is 3.73. The van der Waals surface area contributed by atoms with E-state index >= 15 is 0 Å². The summed E-state index contributed by atoms with van der Waals surface area (Å²) in [5.74, 6) is 0.942. The minimum atomic E-state index is 0.683. The Morgan fingerprint density at radius 2 is 1.65 bits per heavy atom. The number of rotatable bonds is 6. The molecular weight excluding hydrogens is 284 g/mol. The van der Waals surface area contributed by atoms with Gasteiger partial charge in [-0.1, -0.05) is 30.3 Å². The zero-order chi connectivity index (χ0) is 15.9. The fraction of sp³-hybridized carbons (Fsp3) is 0.158. The minimum absolute atomic E-state index is 0.683. The van der Waals surface area contributed by atoms with E-state index in [4.69, 9.17) is 5.73 Å². The Kier molecular flexibility index (Phi) is 4.84. The van der Waals surface area contributed by atoms with Crippen molar-refractivity contribution in [2.75, 3.05) is 17.2 Å². The monoisotopic (exact) mass is 304 g/mol. The highest BCUT2D eigenvalue weighted by Crippen LogP contribution is 2.16. The van der Waals surface area contributed by atoms with Crippen LogP contribution < -0.4 is 10.6 Å². The van der Waals surface area contributed by atoms with Crippen molar-refractivity contribution in [2.24, 2.45) is 0 Å². The van der Waals surface area contributed by atoms with Crippen LogP contribution in [0.4, 0.5) is 11.5 Å². The lowest BCUT2D eigenvalue weighted by Crippen LogP contribution is -2.26. The van der Waals surface area contributed by atoms with Crippen LogP contribution in [0.1, 0.15) is 11.1 Å². The molecular formula is C19H20N4. The molecule has 0 radical (unpaired) electrons. The Morgan fingerprint density at radius 1 is 0.870 bits per heavy atom. The molecule has 0 atom stereocenters. The van der Waals surface area contributed by atoms with Crippen LogP contribution in [-0.4, -0.2) is 16.5 Å². The van der Waals surface area contributed by atoms with E-state index in [9.17, 15) is 0 Å². The summed E-state index contributed by atoms with van der Waals surface area (Å²) < 4.78 is 0. The summed E-state index contributed by atoms with van der Waals surface area (Å²) in [4.78, 5) is 10.8. The van der Waals surface area contributed by atoms with Crippen molar-refractivity contribution in [3.63, 3.8) is 0 Å². The van der Waals surface area contributed by atoms with Gasteiger partial charge in [0.15, 0.2) is 0 Å². The Balaban J connectivity index is 1.76. The Hall–Kier alpha value is -2.88. The number of nitrogens with zero attached hydrogens (tertiary/aromatic N) is 3. The normalized spacial score (nSPS) is 10.4. The van der Waals surface area contributed by atoms with Crippen LogP contribution in [-0.2, 0) is 13.0 Å². The van der Waals surface area contributed by atoms with Gasteiger partial charge in [-0.15, -0.1) is 0 Å². The highest BCUT2D eigenvalue weighted by atomic mass is 15.2. The van der Waals surface area contributed by atoms with Crippen molar-refractivity contribution in [3.05, 3.63) is 84.3 Å². The van der Waals surface area contributed by atoms with Crippen LogP contribution in [0.25, 0.3) is 0 Å². The third kappa shape index (κ3) is 4.30. The molecule has 0 aliphatic carbocycles. The van der Waals surface area contributed by atoms with Crippen LogP contribution in [0, 0.1) is 0 Å². The number of nitrogens with two attached hydrogens (primary N) is 1. The second kappa shape index (κ2) is 7.40. The van der Waals surface area contributed by atoms with E-state index in [-0.39, 0.29) is 0 Å². The number of hydrogen-bond donors (Lipinski definition) is 1. The van der Waals surface area contributed by atoms with Crippen LogP contribution in [0.2, 0.25) is 0 Å². The number of benzene rings is 1. The maximum atomic E-state index is 5.76. The number of hydrogen-bond acceptors (Lipinski definition) is 4. The second-order valence-electron chi connectivity index (χ2n) is 5.46. The molecule has 0 bridgehead atoms. The first-order valence-electron chi connectivity index (χ1n) is 7.70. The SMILES string of the molecule is Nc1ccc(N(CCc2ccncc2)Cc2ccccc2)nc1. The average molecular weight is 304 g/mol. The lowest BCUT2D eigenvalue weighted by atomic mass is 10.1. The van der Waals surface area contributed by atoms with Gasteiger partial charge in [-0.25, -0.2) is 4.98 Å². The molecule has 2 N–H and O–H groups in total. The molecule has 2 aromatic heterocycles. The van der Waals surface area contributed by atoms with Crippen molar-refractivity contribution in [3.8, 4) is 0 Å². The third-order valence-corrected chi connectivity index (χ3v) is 3.73. The fourth-order valence-corrected chi connectivity index (χ4v) is 2.48. The van der Waals surface area contributed by atoms with Crippen LogP contribution >= 0.6 is 0 Å². The largest absolute Gasteiger partial charge is 0.397 e. The summed E-state index contributed by atoms with van der Waals surface area (Å²) in [5, 5.41) is 0. The standard InChI is InChI=1S/C19H20N4/c20-18-6-7-19(22-14-18)23(15-17-4-2-1-3-5-17)13-10-16-8-11-21-12-9-16/h1-9,11-12,14H,10,13,15,20H2. The summed E-state index contributed by atoms with van der Waals surface area (Å²) in [6.07, 6.45) is 6.32. The van der Waals surface area contributed by atoms with Crippen molar-refractivity contribution < 1.29 is 0 Å². The molecule has 4 nitrogen and oxygen atoms in total. The van der Waals surface area contributed by atoms with E-state index in [0.717, 1.165) is 25.3 Å². The maximum Gasteiger partial charge on any atom is 0.128 e. The average Bonchev–Trinajstić information content (AvgIpc) is 2.61. The predicted molar refractivity (Wildman–Crippen MR) is 94.1 cm³/mol. The van der Waals surface area contributed by atoms with E-state index in [0.29, 0.717) is 5.69 Å². The molecule has 0 saturated carbocycles. The molecule has 2 heterocycles. The highest BCUT2D eigenvalue weighted by molar-refractivity contribution is 5.46. The van der Waals surface area contributed by atoms with Gasteiger partial charge in [0.25, 0.3) is 0 Å². The fourth-order valence-electron chi connectivity index (χ4n) is 2.48. The number of anilines is 2. The van der Waals surface area contributed by atoms with E-state index in [2.05, 4.69) is 51.3 Å². The Bertz CT molecular complexity index is 711. The van der Waals surface area contributed by atoms with Gasteiger partial charge in [-0.05, 0) is 41.8 Å². The molecule has 0 aliphatic heterocycles. The maximum absolute atomic E-state index is 5.76. The molecule has 0 saturated heterocycles. The summed E-state index contributed by atoms with van der Waals surface area (Å²) in [7, 11) is 0. The van der Waals surface area contributed by atoms with Gasteiger partial charge in [0, 0.05) is 25.5 Å². The zero-order valence-corrected chi connectivity index (χ0v) is 13.0. The van der Waals surface area contributed by atoms with Crippen LogP contribution in [0.15, 0.2) is 73.2 Å². The van der Waals surface area contributed by atoms with E-state index in [1.165, 1.54) is 11.1 Å². The predicted octanol–water partition coefficient (Wildman–Crippen LogP) is 3.31. The molecule has 0 spiro atoms. The summed E-state index contributed by atoms with van der Waals surface area (Å²) in [5.41, 5.74) is 8.98. The lowest BCUT2D eigenvalue weighted by molar-refractivity contribution is 0.768. The molecule has 1 aromatic carbocycles. The van der Waals surface area contributed by atoms with Gasteiger partial charge in [-0.3, -0.25) is 4.98 Å². The van der Waals surface area contributed by atoms with Gasteiger partial charge in [0.2, 0.25) is 0 Å². The van der Waals surface area contributed by atoms with Crippen molar-refractivity contribution in [1.82, 2.24) is 9.97 Å². The van der Waals surface area contributed by atoms with Gasteiger partial charge in [0.1, 0.15) is 5.82 Å². The summed E-state index contributed by atoms with van der Waals surface area (Å²) >= 11 is 0. The van der Waals surface area contributed by atoms with Gasteiger partial charge in [-0.2, -0.15) is 0 Å². The van der Waals surface area contributed by atoms with Crippen molar-refractivity contribution in [1.29, 1.82) is 0 Å². The molecule has 23 heavy (non-hydrogen) atoms. The van der Waals surface area contributed by atoms with Gasteiger partial charge >= 0.3 is 0 Å².